The van der Waals surface area contributed by atoms with Gasteiger partial charge in [0.05, 0.1) is 23.5 Å². The minimum Gasteiger partial charge on any atom is -0.352 e. The van der Waals surface area contributed by atoms with E-state index in [1.165, 1.54) is 6.07 Å². The third kappa shape index (κ3) is 4.72. The number of carbonyl (C=O) groups is 1. The lowest BCUT2D eigenvalue weighted by Crippen LogP contribution is -2.33. The van der Waals surface area contributed by atoms with Crippen LogP contribution >= 0.6 is 12.2 Å². The van der Waals surface area contributed by atoms with Crippen molar-refractivity contribution in [2.75, 3.05) is 11.9 Å². The number of nitrogens with one attached hydrogen (secondary N) is 2. The standard InChI is InChI=1S/C28H26FN5OS/c1-19-14-15-24(34(19)20-9-3-2-4-10-20)27-26(23-13-7-8-17-30-23)32-28(36)33(27)18-16-25(35)31-22-12-6-5-11-21(22)29/h2-15,17,26-27H,16,18H2,1H3,(H,31,35)(H,32,36)/t26-,27-/m1/s1. The number of thiocarbonyl (C=S) groups is 1. The maximum atomic E-state index is 14.0. The highest BCUT2D eigenvalue weighted by atomic mass is 32.1. The van der Waals surface area contributed by atoms with Crippen molar-refractivity contribution in [1.29, 1.82) is 0 Å². The number of aryl methyl sites for hydroxylation is 1. The summed E-state index contributed by atoms with van der Waals surface area (Å²) < 4.78 is 16.2. The predicted octanol–water partition coefficient (Wildman–Crippen LogP) is 5.32. The third-order valence-corrected chi connectivity index (χ3v) is 6.70. The van der Waals surface area contributed by atoms with Gasteiger partial charge in [-0.05, 0) is 67.7 Å². The molecule has 1 saturated heterocycles. The van der Waals surface area contributed by atoms with Crippen molar-refractivity contribution in [3.63, 3.8) is 0 Å². The predicted molar refractivity (Wildman–Crippen MR) is 142 cm³/mol. The molecule has 1 aliphatic heterocycles. The summed E-state index contributed by atoms with van der Waals surface area (Å²) in [7, 11) is 0. The second-order valence-electron chi connectivity index (χ2n) is 8.67. The highest BCUT2D eigenvalue weighted by Gasteiger charge is 2.41. The normalized spacial score (nSPS) is 17.2. The first-order chi connectivity index (χ1) is 17.5. The third-order valence-electron chi connectivity index (χ3n) is 6.35. The summed E-state index contributed by atoms with van der Waals surface area (Å²) in [4.78, 5) is 19.4. The van der Waals surface area contributed by atoms with E-state index in [0.717, 1.165) is 22.8 Å². The molecule has 2 aromatic carbocycles. The second-order valence-corrected chi connectivity index (χ2v) is 9.06. The van der Waals surface area contributed by atoms with Gasteiger partial charge in [-0.25, -0.2) is 4.39 Å². The van der Waals surface area contributed by atoms with Gasteiger partial charge >= 0.3 is 0 Å². The maximum absolute atomic E-state index is 14.0. The Labute approximate surface area is 214 Å². The Morgan fingerprint density at radius 2 is 1.78 bits per heavy atom. The minimum atomic E-state index is -0.464. The quantitative estimate of drug-likeness (QED) is 0.337. The van der Waals surface area contributed by atoms with Gasteiger partial charge < -0.3 is 20.1 Å². The van der Waals surface area contributed by atoms with Crippen LogP contribution in [0.2, 0.25) is 0 Å². The van der Waals surface area contributed by atoms with Crippen LogP contribution in [0.3, 0.4) is 0 Å². The van der Waals surface area contributed by atoms with Crippen LogP contribution in [0.5, 0.6) is 0 Å². The molecule has 1 amide bonds. The lowest BCUT2D eigenvalue weighted by Gasteiger charge is -2.29. The first-order valence-electron chi connectivity index (χ1n) is 11.8. The number of amides is 1. The van der Waals surface area contributed by atoms with Crippen LogP contribution in [-0.4, -0.2) is 32.0 Å². The SMILES string of the molecule is Cc1ccc([C@@H]2[C@@H](c3ccccn3)NC(=S)N2CCC(=O)Nc2ccccc2F)n1-c1ccccc1. The van der Waals surface area contributed by atoms with Crippen LogP contribution in [0, 0.1) is 12.7 Å². The topological polar surface area (TPSA) is 62.2 Å². The maximum Gasteiger partial charge on any atom is 0.226 e. The smallest absolute Gasteiger partial charge is 0.226 e. The molecule has 182 valence electrons. The fourth-order valence-electron chi connectivity index (χ4n) is 4.68. The number of carbonyl (C=O) groups excluding carboxylic acids is 1. The molecule has 5 rings (SSSR count). The molecule has 0 unspecified atom stereocenters. The molecule has 8 heteroatoms. The number of halogens is 1. The molecule has 0 radical (unpaired) electrons. The largest absolute Gasteiger partial charge is 0.352 e. The van der Waals surface area contributed by atoms with E-state index in [1.54, 1.807) is 24.4 Å². The Balaban J connectivity index is 1.47. The molecule has 0 spiro atoms. The van der Waals surface area contributed by atoms with Crippen molar-refractivity contribution in [3.8, 4) is 5.69 Å². The number of rotatable bonds is 7. The molecule has 2 atom stereocenters. The van der Waals surface area contributed by atoms with Crippen molar-refractivity contribution >= 4 is 28.9 Å². The van der Waals surface area contributed by atoms with Crippen molar-refractivity contribution in [1.82, 2.24) is 19.8 Å². The number of nitrogens with zero attached hydrogens (tertiary/aromatic N) is 3. The Hall–Kier alpha value is -4.04. The Bertz CT molecular complexity index is 1380. The number of pyridine rings is 1. The summed E-state index contributed by atoms with van der Waals surface area (Å²) in [6.45, 7) is 2.43. The fourth-order valence-corrected chi connectivity index (χ4v) is 5.02. The van der Waals surface area contributed by atoms with E-state index in [1.807, 2.05) is 41.3 Å². The van der Waals surface area contributed by atoms with Gasteiger partial charge in [-0.3, -0.25) is 9.78 Å². The van der Waals surface area contributed by atoms with Crippen LogP contribution < -0.4 is 10.6 Å². The molecule has 6 nitrogen and oxygen atoms in total. The van der Waals surface area contributed by atoms with E-state index in [-0.39, 0.29) is 30.1 Å². The zero-order valence-electron chi connectivity index (χ0n) is 19.8. The molecule has 1 aliphatic rings. The molecule has 0 aliphatic carbocycles. The molecule has 2 N–H and O–H groups in total. The van der Waals surface area contributed by atoms with E-state index in [9.17, 15) is 9.18 Å². The molecular weight excluding hydrogens is 473 g/mol. The van der Waals surface area contributed by atoms with E-state index in [0.29, 0.717) is 11.7 Å². The van der Waals surface area contributed by atoms with Crippen LogP contribution in [-0.2, 0) is 4.79 Å². The van der Waals surface area contributed by atoms with E-state index in [4.69, 9.17) is 12.2 Å². The van der Waals surface area contributed by atoms with Crippen LogP contribution in [0.15, 0.2) is 91.1 Å². The molecular formula is C28H26FN5OS. The number of benzene rings is 2. The highest BCUT2D eigenvalue weighted by Crippen LogP contribution is 2.40. The molecule has 3 heterocycles. The zero-order valence-corrected chi connectivity index (χ0v) is 20.6. The highest BCUT2D eigenvalue weighted by molar-refractivity contribution is 7.80. The van der Waals surface area contributed by atoms with Gasteiger partial charge in [0, 0.05) is 36.2 Å². The number of hydrogen-bond acceptors (Lipinski definition) is 3. The molecule has 1 fully saturated rings. The zero-order chi connectivity index (χ0) is 25.1. The van der Waals surface area contributed by atoms with Gasteiger partial charge in [-0.15, -0.1) is 0 Å². The summed E-state index contributed by atoms with van der Waals surface area (Å²) in [6, 6.07) is 25.9. The van der Waals surface area contributed by atoms with Crippen LogP contribution in [0.4, 0.5) is 10.1 Å². The molecule has 36 heavy (non-hydrogen) atoms. The minimum absolute atomic E-state index is 0.145. The molecule has 0 bridgehead atoms. The molecule has 2 aromatic heterocycles. The molecule has 0 saturated carbocycles. The lowest BCUT2D eigenvalue weighted by atomic mass is 10.0. The lowest BCUT2D eigenvalue weighted by molar-refractivity contribution is -0.116. The van der Waals surface area contributed by atoms with Crippen molar-refractivity contribution in [2.45, 2.75) is 25.4 Å². The summed E-state index contributed by atoms with van der Waals surface area (Å²) >= 11 is 5.75. The van der Waals surface area contributed by atoms with Crippen molar-refractivity contribution < 1.29 is 9.18 Å². The van der Waals surface area contributed by atoms with Gasteiger partial charge in [0.25, 0.3) is 0 Å². The number of aromatic nitrogens is 2. The Kier molecular flexibility index (Phi) is 6.77. The first-order valence-corrected chi connectivity index (χ1v) is 12.2. The van der Waals surface area contributed by atoms with Gasteiger partial charge in [-0.1, -0.05) is 36.4 Å². The Morgan fingerprint density at radius 1 is 1.03 bits per heavy atom. The van der Waals surface area contributed by atoms with Gasteiger partial charge in [0.1, 0.15) is 5.82 Å². The molecule has 4 aromatic rings. The fraction of sp³-hybridized carbons (Fsp3) is 0.179. The van der Waals surface area contributed by atoms with Crippen molar-refractivity contribution in [2.24, 2.45) is 0 Å². The summed E-state index contributed by atoms with van der Waals surface area (Å²) in [5.41, 5.74) is 4.20. The van der Waals surface area contributed by atoms with Crippen molar-refractivity contribution in [3.05, 3.63) is 114 Å². The van der Waals surface area contributed by atoms with Crippen LogP contribution in [0.25, 0.3) is 5.69 Å². The van der Waals surface area contributed by atoms with E-state index < -0.39 is 5.82 Å². The number of hydrogen-bond donors (Lipinski definition) is 2. The van der Waals surface area contributed by atoms with Crippen LogP contribution in [0.1, 0.15) is 35.6 Å². The average Bonchev–Trinajstić information content (AvgIpc) is 3.44. The second kappa shape index (κ2) is 10.3. The van der Waals surface area contributed by atoms with E-state index >= 15 is 0 Å². The van der Waals surface area contributed by atoms with Gasteiger partial charge in [-0.2, -0.15) is 0 Å². The summed E-state index contributed by atoms with van der Waals surface area (Å²) in [6.07, 6.45) is 1.91. The monoisotopic (exact) mass is 499 g/mol. The average molecular weight is 500 g/mol. The van der Waals surface area contributed by atoms with Gasteiger partial charge in [0.15, 0.2) is 5.11 Å². The van der Waals surface area contributed by atoms with Gasteiger partial charge in [0.2, 0.25) is 5.91 Å². The first kappa shape index (κ1) is 23.7. The Morgan fingerprint density at radius 3 is 2.53 bits per heavy atom. The van der Waals surface area contributed by atoms with E-state index in [2.05, 4.69) is 51.4 Å². The number of para-hydroxylation sites is 2. The summed E-state index contributed by atoms with van der Waals surface area (Å²) in [5, 5.41) is 6.64. The number of anilines is 1. The summed E-state index contributed by atoms with van der Waals surface area (Å²) in [5.74, 6) is -0.744.